The lowest BCUT2D eigenvalue weighted by atomic mass is 10.1. The Balaban J connectivity index is 1.71. The molecule has 37 heavy (non-hydrogen) atoms. The fraction of sp³-hybridized carbons (Fsp3) is 0.348. The third-order valence-electron chi connectivity index (χ3n) is 6.05. The second-order valence-corrected chi connectivity index (χ2v) is 8.47. The van der Waals surface area contributed by atoms with Gasteiger partial charge in [0, 0.05) is 44.0 Å². The average molecular weight is 519 g/mol. The molecule has 1 atom stereocenters. The van der Waals surface area contributed by atoms with Gasteiger partial charge >= 0.3 is 6.18 Å². The Morgan fingerprint density at radius 3 is 2.57 bits per heavy atom. The molecule has 14 heteroatoms. The summed E-state index contributed by atoms with van der Waals surface area (Å²) in [5, 5.41) is 4.15. The van der Waals surface area contributed by atoms with E-state index < -0.39 is 35.0 Å². The molecule has 10 nitrogen and oxygen atoms in total. The van der Waals surface area contributed by atoms with Crippen molar-refractivity contribution in [1.82, 2.24) is 29.3 Å². The molecule has 4 heterocycles. The zero-order chi connectivity index (χ0) is 26.5. The van der Waals surface area contributed by atoms with Gasteiger partial charge in [-0.3, -0.25) is 14.0 Å². The van der Waals surface area contributed by atoms with Gasteiger partial charge in [0.15, 0.2) is 5.52 Å². The Hall–Kier alpha value is -4.07. The fourth-order valence-electron chi connectivity index (χ4n) is 4.17. The topological polar surface area (TPSA) is 100 Å². The van der Waals surface area contributed by atoms with E-state index in [4.69, 9.17) is 9.47 Å². The molecular weight excluding hydrogens is 498 g/mol. The number of rotatable bonds is 4. The van der Waals surface area contributed by atoms with Gasteiger partial charge in [-0.15, -0.1) is 0 Å². The quantitative estimate of drug-likeness (QED) is 0.380. The normalized spacial score (nSPS) is 16.4. The number of morpholine rings is 1. The van der Waals surface area contributed by atoms with E-state index in [-0.39, 0.29) is 41.6 Å². The molecule has 3 aromatic heterocycles. The van der Waals surface area contributed by atoms with E-state index >= 15 is 4.39 Å². The number of fused-ring (bicyclic) bond motifs is 1. The average Bonchev–Trinajstić information content (AvgIpc) is 3.31. The molecule has 0 amide bonds. The van der Waals surface area contributed by atoms with E-state index in [1.54, 1.807) is 29.0 Å². The minimum atomic E-state index is -4.93. The second-order valence-electron chi connectivity index (χ2n) is 8.47. The van der Waals surface area contributed by atoms with Crippen molar-refractivity contribution in [2.45, 2.75) is 12.3 Å². The number of halogens is 4. The maximum atomic E-state index is 15.1. The molecule has 0 saturated carbocycles. The number of hydrogen-bond acceptors (Lipinski definition) is 8. The third-order valence-corrected chi connectivity index (χ3v) is 6.05. The summed E-state index contributed by atoms with van der Waals surface area (Å²) in [5.41, 5.74) is -1.45. The third kappa shape index (κ3) is 4.48. The van der Waals surface area contributed by atoms with Crippen LogP contribution in [0.3, 0.4) is 0 Å². The number of methoxy groups -OCH3 is 1. The summed E-state index contributed by atoms with van der Waals surface area (Å²) in [4.78, 5) is 27.2. The van der Waals surface area contributed by atoms with E-state index in [2.05, 4.69) is 20.1 Å². The van der Waals surface area contributed by atoms with Gasteiger partial charge in [0.2, 0.25) is 11.8 Å². The molecule has 4 aromatic rings. The van der Waals surface area contributed by atoms with Crippen LogP contribution in [-0.4, -0.2) is 56.1 Å². The minimum absolute atomic E-state index is 0.0357. The van der Waals surface area contributed by atoms with Gasteiger partial charge in [-0.1, -0.05) is 0 Å². The van der Waals surface area contributed by atoms with Crippen molar-refractivity contribution in [3.8, 4) is 17.0 Å². The van der Waals surface area contributed by atoms with Crippen LogP contribution in [0.4, 0.5) is 23.5 Å². The number of anilines is 1. The van der Waals surface area contributed by atoms with E-state index in [1.165, 1.54) is 19.2 Å². The highest BCUT2D eigenvalue weighted by Gasteiger charge is 2.37. The summed E-state index contributed by atoms with van der Waals surface area (Å²) in [6.07, 6.45) is -1.87. The van der Waals surface area contributed by atoms with Crippen molar-refractivity contribution in [1.29, 1.82) is 0 Å². The molecular formula is C23H21F4N7O3. The lowest BCUT2D eigenvalue weighted by Gasteiger charge is -2.32. The van der Waals surface area contributed by atoms with E-state index in [0.717, 1.165) is 18.7 Å². The standard InChI is InChI=1S/C23H21F4N7O3/c1-32-10-12(9-28-32)16-11-34(6-7-37-16)22-30-17(14-5-4-13(36-3)8-15(14)24)18-19(31-22)20(35)33(2)21(29-18)23(25,26)27/h4-5,8-10,16H,6-7,11H2,1-3H3. The number of ether oxygens (including phenoxy) is 2. The van der Waals surface area contributed by atoms with Crippen molar-refractivity contribution in [3.05, 3.63) is 58.2 Å². The molecule has 0 spiro atoms. The molecule has 0 N–H and O–H groups in total. The first-order valence-corrected chi connectivity index (χ1v) is 11.1. The largest absolute Gasteiger partial charge is 0.497 e. The number of benzene rings is 1. The fourth-order valence-corrected chi connectivity index (χ4v) is 4.17. The molecule has 1 fully saturated rings. The van der Waals surface area contributed by atoms with Crippen LogP contribution in [0.1, 0.15) is 17.5 Å². The van der Waals surface area contributed by atoms with Gasteiger partial charge < -0.3 is 14.4 Å². The van der Waals surface area contributed by atoms with Crippen LogP contribution in [0.2, 0.25) is 0 Å². The highest BCUT2D eigenvalue weighted by molar-refractivity contribution is 5.90. The highest BCUT2D eigenvalue weighted by atomic mass is 19.4. The minimum Gasteiger partial charge on any atom is -0.497 e. The van der Waals surface area contributed by atoms with Gasteiger partial charge in [0.05, 0.1) is 26.5 Å². The Bertz CT molecular complexity index is 1550. The van der Waals surface area contributed by atoms with Crippen LogP contribution >= 0.6 is 0 Å². The van der Waals surface area contributed by atoms with Gasteiger partial charge in [-0.25, -0.2) is 19.3 Å². The number of nitrogens with zero attached hydrogens (tertiary/aromatic N) is 7. The van der Waals surface area contributed by atoms with Crippen molar-refractivity contribution in [3.63, 3.8) is 0 Å². The van der Waals surface area contributed by atoms with E-state index in [0.29, 0.717) is 11.1 Å². The summed E-state index contributed by atoms with van der Waals surface area (Å²) < 4.78 is 69.0. The second kappa shape index (κ2) is 9.10. The summed E-state index contributed by atoms with van der Waals surface area (Å²) in [6, 6.07) is 3.82. The number of hydrogen-bond donors (Lipinski definition) is 0. The van der Waals surface area contributed by atoms with Crippen molar-refractivity contribution < 1.29 is 27.0 Å². The summed E-state index contributed by atoms with van der Waals surface area (Å²) in [5.74, 6) is -2.02. The zero-order valence-electron chi connectivity index (χ0n) is 20.0. The van der Waals surface area contributed by atoms with Gasteiger partial charge in [0.1, 0.15) is 28.9 Å². The predicted octanol–water partition coefficient (Wildman–Crippen LogP) is 2.87. The van der Waals surface area contributed by atoms with Crippen molar-refractivity contribution in [2.75, 3.05) is 31.7 Å². The molecule has 194 valence electrons. The van der Waals surface area contributed by atoms with E-state index in [9.17, 15) is 18.0 Å². The molecule has 0 aliphatic carbocycles. The van der Waals surface area contributed by atoms with Crippen LogP contribution in [-0.2, 0) is 25.0 Å². The SMILES string of the molecule is COc1ccc(-c2nc(N3CCOC(c4cnn(C)c4)C3)nc3c(=O)n(C)c(C(F)(F)F)nc23)c(F)c1. The summed E-state index contributed by atoms with van der Waals surface area (Å²) >= 11 is 0. The first-order valence-electron chi connectivity index (χ1n) is 11.1. The monoisotopic (exact) mass is 519 g/mol. The number of aryl methyl sites for hydroxylation is 1. The van der Waals surface area contributed by atoms with Crippen molar-refractivity contribution in [2.24, 2.45) is 14.1 Å². The smallest absolute Gasteiger partial charge is 0.449 e. The number of aromatic nitrogens is 6. The van der Waals surface area contributed by atoms with E-state index in [1.807, 2.05) is 0 Å². The first-order chi connectivity index (χ1) is 17.6. The molecule has 1 unspecified atom stereocenters. The Kier molecular flexibility index (Phi) is 6.06. The zero-order valence-corrected chi connectivity index (χ0v) is 20.0. The van der Waals surface area contributed by atoms with Crippen LogP contribution in [0.5, 0.6) is 5.75 Å². The molecule has 1 aliphatic heterocycles. The molecule has 0 bridgehead atoms. The Labute approximate surface area is 207 Å². The van der Waals surface area contributed by atoms with Gasteiger partial charge in [-0.05, 0) is 12.1 Å². The van der Waals surface area contributed by atoms with Gasteiger partial charge in [0.25, 0.3) is 5.56 Å². The summed E-state index contributed by atoms with van der Waals surface area (Å²) in [7, 11) is 4.08. The lowest BCUT2D eigenvalue weighted by Crippen LogP contribution is -2.39. The Morgan fingerprint density at radius 1 is 1.14 bits per heavy atom. The summed E-state index contributed by atoms with van der Waals surface area (Å²) in [6.45, 7) is 0.897. The first kappa shape index (κ1) is 24.6. The van der Waals surface area contributed by atoms with Crippen molar-refractivity contribution >= 4 is 17.0 Å². The molecule has 1 saturated heterocycles. The molecule has 0 radical (unpaired) electrons. The Morgan fingerprint density at radius 2 is 1.92 bits per heavy atom. The molecule has 1 aromatic carbocycles. The molecule has 1 aliphatic rings. The maximum absolute atomic E-state index is 15.1. The molecule has 5 rings (SSSR count). The van der Waals surface area contributed by atoms with Crippen LogP contribution in [0.25, 0.3) is 22.3 Å². The predicted molar refractivity (Wildman–Crippen MR) is 124 cm³/mol. The number of alkyl halides is 3. The van der Waals surface area contributed by atoms with Crippen LogP contribution in [0.15, 0.2) is 35.4 Å². The maximum Gasteiger partial charge on any atom is 0.449 e. The van der Waals surface area contributed by atoms with Crippen LogP contribution in [0, 0.1) is 5.82 Å². The van der Waals surface area contributed by atoms with Crippen LogP contribution < -0.4 is 15.2 Å². The highest BCUT2D eigenvalue weighted by Crippen LogP contribution is 2.34. The van der Waals surface area contributed by atoms with Gasteiger partial charge in [-0.2, -0.15) is 18.3 Å². The lowest BCUT2D eigenvalue weighted by molar-refractivity contribution is -0.147.